The molecular formula is C11H15NO2S. The highest BCUT2D eigenvalue weighted by molar-refractivity contribution is 7.99. The average molecular weight is 225 g/mol. The summed E-state index contributed by atoms with van der Waals surface area (Å²) in [5.41, 5.74) is 6.07. The maximum absolute atomic E-state index is 10.8. The molecule has 0 aliphatic carbocycles. The number of aromatic carboxylic acids is 1. The van der Waals surface area contributed by atoms with E-state index in [1.54, 1.807) is 23.9 Å². The van der Waals surface area contributed by atoms with E-state index in [4.69, 9.17) is 10.8 Å². The van der Waals surface area contributed by atoms with Crippen molar-refractivity contribution in [3.05, 3.63) is 23.8 Å². The zero-order valence-electron chi connectivity index (χ0n) is 8.69. The smallest absolute Gasteiger partial charge is 0.337 e. The van der Waals surface area contributed by atoms with Crippen LogP contribution < -0.4 is 5.73 Å². The third-order valence-corrected chi connectivity index (χ3v) is 3.10. The van der Waals surface area contributed by atoms with Crippen molar-refractivity contribution in [3.63, 3.8) is 0 Å². The van der Waals surface area contributed by atoms with Gasteiger partial charge in [0.2, 0.25) is 0 Å². The van der Waals surface area contributed by atoms with Crippen LogP contribution in [-0.2, 0) is 0 Å². The van der Waals surface area contributed by atoms with Crippen LogP contribution in [0, 0.1) is 0 Å². The van der Waals surface area contributed by atoms with Crippen LogP contribution in [0.25, 0.3) is 0 Å². The Morgan fingerprint density at radius 3 is 2.87 bits per heavy atom. The highest BCUT2D eigenvalue weighted by Gasteiger charge is 2.08. The van der Waals surface area contributed by atoms with Crippen LogP contribution in [0.4, 0.5) is 5.69 Å². The van der Waals surface area contributed by atoms with Crippen LogP contribution in [0.3, 0.4) is 0 Å². The number of carboxylic acid groups (broad SMARTS) is 1. The van der Waals surface area contributed by atoms with E-state index >= 15 is 0 Å². The first-order chi connectivity index (χ1) is 7.15. The first kappa shape index (κ1) is 11.9. The molecule has 0 radical (unpaired) electrons. The number of nitrogens with two attached hydrogens (primary N) is 1. The zero-order valence-corrected chi connectivity index (χ0v) is 9.51. The van der Waals surface area contributed by atoms with E-state index in [1.807, 2.05) is 6.07 Å². The summed E-state index contributed by atoms with van der Waals surface area (Å²) in [5, 5.41) is 8.87. The lowest BCUT2D eigenvalue weighted by molar-refractivity contribution is 0.0698. The maximum atomic E-state index is 10.8. The standard InChI is InChI=1S/C11H15NO2S/c1-2-3-6-15-8-4-5-10(12)9(7-8)11(13)14/h4-5,7H,2-3,6,12H2,1H3,(H,13,14). The summed E-state index contributed by atoms with van der Waals surface area (Å²) in [5.74, 6) is 0.0462. The maximum Gasteiger partial charge on any atom is 0.337 e. The van der Waals surface area contributed by atoms with Crippen LogP contribution in [0.5, 0.6) is 0 Å². The molecule has 0 amide bonds. The minimum Gasteiger partial charge on any atom is -0.478 e. The van der Waals surface area contributed by atoms with Gasteiger partial charge in [-0.1, -0.05) is 13.3 Å². The summed E-state index contributed by atoms with van der Waals surface area (Å²) >= 11 is 1.67. The van der Waals surface area contributed by atoms with Gasteiger partial charge < -0.3 is 10.8 Å². The van der Waals surface area contributed by atoms with Gasteiger partial charge in [-0.3, -0.25) is 0 Å². The highest BCUT2D eigenvalue weighted by atomic mass is 32.2. The van der Waals surface area contributed by atoms with Gasteiger partial charge in [0.05, 0.1) is 5.56 Å². The van der Waals surface area contributed by atoms with Crippen molar-refractivity contribution in [1.29, 1.82) is 0 Å². The first-order valence-corrected chi connectivity index (χ1v) is 5.89. The number of thioether (sulfide) groups is 1. The molecule has 0 fully saturated rings. The number of anilines is 1. The molecule has 0 spiro atoms. The zero-order chi connectivity index (χ0) is 11.3. The van der Waals surface area contributed by atoms with Gasteiger partial charge in [-0.05, 0) is 30.4 Å². The molecule has 0 unspecified atom stereocenters. The second-order valence-corrected chi connectivity index (χ2v) is 4.42. The second kappa shape index (κ2) is 5.66. The average Bonchev–Trinajstić information content (AvgIpc) is 2.20. The molecule has 0 atom stereocenters. The van der Waals surface area contributed by atoms with E-state index in [-0.39, 0.29) is 5.56 Å². The van der Waals surface area contributed by atoms with Crippen LogP contribution >= 0.6 is 11.8 Å². The molecule has 0 saturated carbocycles. The molecule has 0 aromatic heterocycles. The van der Waals surface area contributed by atoms with E-state index in [2.05, 4.69) is 6.92 Å². The molecule has 1 aromatic rings. The number of benzene rings is 1. The van der Waals surface area contributed by atoms with Crippen LogP contribution in [0.2, 0.25) is 0 Å². The Kier molecular flexibility index (Phi) is 4.49. The van der Waals surface area contributed by atoms with E-state index in [0.717, 1.165) is 23.5 Å². The molecule has 0 heterocycles. The molecule has 15 heavy (non-hydrogen) atoms. The van der Waals surface area contributed by atoms with Gasteiger partial charge in [-0.25, -0.2) is 4.79 Å². The third-order valence-electron chi connectivity index (χ3n) is 2.02. The minimum absolute atomic E-state index is 0.191. The lowest BCUT2D eigenvalue weighted by atomic mass is 10.2. The molecule has 0 aliphatic heterocycles. The molecule has 82 valence electrons. The molecule has 0 bridgehead atoms. The van der Waals surface area contributed by atoms with Gasteiger partial charge in [0.25, 0.3) is 0 Å². The fraction of sp³-hybridized carbons (Fsp3) is 0.364. The van der Waals surface area contributed by atoms with Gasteiger partial charge in [-0.15, -0.1) is 11.8 Å². The molecule has 3 N–H and O–H groups in total. The Morgan fingerprint density at radius 1 is 1.53 bits per heavy atom. The largest absolute Gasteiger partial charge is 0.478 e. The minimum atomic E-state index is -0.967. The van der Waals surface area contributed by atoms with Gasteiger partial charge in [-0.2, -0.15) is 0 Å². The quantitative estimate of drug-likeness (QED) is 0.459. The fourth-order valence-electron chi connectivity index (χ4n) is 1.14. The lowest BCUT2D eigenvalue weighted by Gasteiger charge is -2.04. The predicted octanol–water partition coefficient (Wildman–Crippen LogP) is 2.86. The van der Waals surface area contributed by atoms with E-state index in [9.17, 15) is 4.79 Å². The fourth-order valence-corrected chi connectivity index (χ4v) is 2.18. The van der Waals surface area contributed by atoms with Crippen molar-refractivity contribution in [2.24, 2.45) is 0 Å². The van der Waals surface area contributed by atoms with Crippen molar-refractivity contribution in [3.8, 4) is 0 Å². The van der Waals surface area contributed by atoms with Gasteiger partial charge in [0.15, 0.2) is 0 Å². The number of hydrogen-bond acceptors (Lipinski definition) is 3. The highest BCUT2D eigenvalue weighted by Crippen LogP contribution is 2.23. The molecule has 1 rings (SSSR count). The SMILES string of the molecule is CCCCSc1ccc(N)c(C(=O)O)c1. The van der Waals surface area contributed by atoms with Crippen molar-refractivity contribution >= 4 is 23.4 Å². The molecule has 4 heteroatoms. The molecular weight excluding hydrogens is 210 g/mol. The Labute approximate surface area is 93.7 Å². The van der Waals surface area contributed by atoms with Crippen molar-refractivity contribution in [1.82, 2.24) is 0 Å². The normalized spacial score (nSPS) is 10.2. The number of hydrogen-bond donors (Lipinski definition) is 2. The van der Waals surface area contributed by atoms with Crippen molar-refractivity contribution < 1.29 is 9.90 Å². The van der Waals surface area contributed by atoms with Crippen molar-refractivity contribution in [2.75, 3.05) is 11.5 Å². The van der Waals surface area contributed by atoms with E-state index < -0.39 is 5.97 Å². The van der Waals surface area contributed by atoms with Crippen LogP contribution in [0.15, 0.2) is 23.1 Å². The molecule has 1 aromatic carbocycles. The van der Waals surface area contributed by atoms with Gasteiger partial charge >= 0.3 is 5.97 Å². The monoisotopic (exact) mass is 225 g/mol. The van der Waals surface area contributed by atoms with Crippen LogP contribution in [-0.4, -0.2) is 16.8 Å². The second-order valence-electron chi connectivity index (χ2n) is 3.26. The summed E-state index contributed by atoms with van der Waals surface area (Å²) in [7, 11) is 0. The van der Waals surface area contributed by atoms with Crippen molar-refractivity contribution in [2.45, 2.75) is 24.7 Å². The number of unbranched alkanes of at least 4 members (excludes halogenated alkanes) is 1. The number of carboxylic acids is 1. The van der Waals surface area contributed by atoms with Crippen LogP contribution in [0.1, 0.15) is 30.1 Å². The molecule has 0 saturated heterocycles. The lowest BCUT2D eigenvalue weighted by Crippen LogP contribution is -2.02. The van der Waals surface area contributed by atoms with Gasteiger partial charge in [0, 0.05) is 10.6 Å². The topological polar surface area (TPSA) is 63.3 Å². The molecule has 0 aliphatic rings. The number of carbonyl (C=O) groups is 1. The summed E-state index contributed by atoms with van der Waals surface area (Å²) in [4.78, 5) is 11.8. The Hall–Kier alpha value is -1.16. The Bertz CT molecular complexity index is 352. The Balaban J connectivity index is 2.74. The number of nitrogen functional groups attached to an aromatic ring is 1. The first-order valence-electron chi connectivity index (χ1n) is 4.90. The summed E-state index contributed by atoms with van der Waals surface area (Å²) in [6, 6.07) is 5.15. The summed E-state index contributed by atoms with van der Waals surface area (Å²) < 4.78 is 0. The Morgan fingerprint density at radius 2 is 2.27 bits per heavy atom. The summed E-state index contributed by atoms with van der Waals surface area (Å²) in [6.07, 6.45) is 2.28. The predicted molar refractivity (Wildman–Crippen MR) is 63.4 cm³/mol. The number of rotatable bonds is 5. The molecule has 3 nitrogen and oxygen atoms in total. The van der Waals surface area contributed by atoms with Gasteiger partial charge in [0.1, 0.15) is 0 Å². The van der Waals surface area contributed by atoms with E-state index in [1.165, 1.54) is 0 Å². The van der Waals surface area contributed by atoms with E-state index in [0.29, 0.717) is 5.69 Å². The summed E-state index contributed by atoms with van der Waals surface area (Å²) in [6.45, 7) is 2.13. The third kappa shape index (κ3) is 3.47.